The van der Waals surface area contributed by atoms with Crippen LogP contribution in [0.15, 0.2) is 24.5 Å². The molecule has 2 aromatic rings. The first-order chi connectivity index (χ1) is 13.8. The summed E-state index contributed by atoms with van der Waals surface area (Å²) in [5.41, 5.74) is 1.09. The minimum absolute atomic E-state index is 0. The quantitative estimate of drug-likeness (QED) is 0.794. The maximum absolute atomic E-state index is 12.1. The zero-order chi connectivity index (χ0) is 20.6. The third kappa shape index (κ3) is 4.23. The predicted octanol–water partition coefficient (Wildman–Crippen LogP) is 2.83. The van der Waals surface area contributed by atoms with Gasteiger partial charge < -0.3 is 20.1 Å². The van der Waals surface area contributed by atoms with Crippen molar-refractivity contribution in [2.75, 3.05) is 30.4 Å². The smallest absolute Gasteiger partial charge is 0.245 e. The molecule has 8 heteroatoms. The highest BCUT2D eigenvalue weighted by atomic mass is 16.5. The van der Waals surface area contributed by atoms with Crippen molar-refractivity contribution in [3.63, 3.8) is 0 Å². The SMILES string of the molecule is CO[C@H]1CC[C@H](CN2CC(=O)Nc3ncc(-c4ccc(C(C)(C)O)nc4)nc32)C1.[HH].[HH]. The molecule has 2 atom stereocenters. The Bertz CT molecular complexity index is 905. The highest BCUT2D eigenvalue weighted by molar-refractivity contribution is 5.99. The van der Waals surface area contributed by atoms with Gasteiger partial charge in [-0.1, -0.05) is 0 Å². The maximum Gasteiger partial charge on any atom is 0.245 e. The number of amides is 1. The van der Waals surface area contributed by atoms with Crippen LogP contribution in [-0.2, 0) is 15.1 Å². The molecule has 0 spiro atoms. The summed E-state index contributed by atoms with van der Waals surface area (Å²) in [6.45, 7) is 4.43. The first-order valence-electron chi connectivity index (χ1n) is 9.97. The van der Waals surface area contributed by atoms with Crippen LogP contribution >= 0.6 is 0 Å². The van der Waals surface area contributed by atoms with Crippen LogP contribution in [0.1, 0.15) is 41.7 Å². The van der Waals surface area contributed by atoms with Gasteiger partial charge in [0.2, 0.25) is 5.91 Å². The fourth-order valence-electron chi connectivity index (χ4n) is 4.03. The molecule has 0 radical (unpaired) electrons. The number of anilines is 2. The fraction of sp³-hybridized carbons (Fsp3) is 0.524. The Morgan fingerprint density at radius 2 is 2.14 bits per heavy atom. The molecule has 8 nitrogen and oxygen atoms in total. The van der Waals surface area contributed by atoms with E-state index in [0.29, 0.717) is 35.0 Å². The van der Waals surface area contributed by atoms with Crippen molar-refractivity contribution in [2.45, 2.75) is 44.8 Å². The summed E-state index contributed by atoms with van der Waals surface area (Å²) >= 11 is 0. The van der Waals surface area contributed by atoms with Crippen molar-refractivity contribution in [1.29, 1.82) is 0 Å². The van der Waals surface area contributed by atoms with Gasteiger partial charge >= 0.3 is 0 Å². The number of hydrogen-bond acceptors (Lipinski definition) is 7. The lowest BCUT2D eigenvalue weighted by Gasteiger charge is -2.31. The third-order valence-electron chi connectivity index (χ3n) is 5.64. The second-order valence-electron chi connectivity index (χ2n) is 8.38. The lowest BCUT2D eigenvalue weighted by molar-refractivity contribution is -0.115. The van der Waals surface area contributed by atoms with Gasteiger partial charge in [-0.2, -0.15) is 0 Å². The molecular weight excluding hydrogens is 370 g/mol. The van der Waals surface area contributed by atoms with Crippen LogP contribution in [0.2, 0.25) is 0 Å². The van der Waals surface area contributed by atoms with Crippen molar-refractivity contribution in [1.82, 2.24) is 15.0 Å². The number of nitrogens with zero attached hydrogens (tertiary/aromatic N) is 4. The molecule has 0 aromatic carbocycles. The second kappa shape index (κ2) is 7.68. The van der Waals surface area contributed by atoms with Gasteiger partial charge in [0.1, 0.15) is 5.60 Å². The Morgan fingerprint density at radius 3 is 2.79 bits per heavy atom. The van der Waals surface area contributed by atoms with E-state index in [1.807, 2.05) is 11.0 Å². The number of hydrogen-bond donors (Lipinski definition) is 2. The molecule has 4 rings (SSSR count). The van der Waals surface area contributed by atoms with Gasteiger partial charge in [0.25, 0.3) is 0 Å². The van der Waals surface area contributed by atoms with Crippen LogP contribution in [0.3, 0.4) is 0 Å². The second-order valence-corrected chi connectivity index (χ2v) is 8.38. The molecular formula is C21H31N5O3. The third-order valence-corrected chi connectivity index (χ3v) is 5.64. The van der Waals surface area contributed by atoms with E-state index in [9.17, 15) is 9.90 Å². The highest BCUT2D eigenvalue weighted by Crippen LogP contribution is 2.33. The molecule has 1 amide bonds. The normalized spacial score (nSPS) is 21.8. The van der Waals surface area contributed by atoms with E-state index < -0.39 is 5.60 Å². The Morgan fingerprint density at radius 1 is 1.31 bits per heavy atom. The molecule has 0 bridgehead atoms. The van der Waals surface area contributed by atoms with Gasteiger partial charge in [0.05, 0.1) is 30.2 Å². The molecule has 1 fully saturated rings. The van der Waals surface area contributed by atoms with Crippen LogP contribution in [-0.4, -0.2) is 52.3 Å². The lowest BCUT2D eigenvalue weighted by atomic mass is 10.0. The van der Waals surface area contributed by atoms with Crippen LogP contribution in [0.5, 0.6) is 0 Å². The van der Waals surface area contributed by atoms with Crippen LogP contribution in [0.4, 0.5) is 11.6 Å². The summed E-state index contributed by atoms with van der Waals surface area (Å²) in [7, 11) is 1.76. The van der Waals surface area contributed by atoms with E-state index in [4.69, 9.17) is 9.72 Å². The molecule has 29 heavy (non-hydrogen) atoms. The maximum atomic E-state index is 12.1. The average Bonchev–Trinajstić information content (AvgIpc) is 3.15. The summed E-state index contributed by atoms with van der Waals surface area (Å²) in [4.78, 5) is 27.7. The number of fused-ring (bicyclic) bond motifs is 1. The van der Waals surface area contributed by atoms with Gasteiger partial charge in [0, 0.05) is 28.3 Å². The summed E-state index contributed by atoms with van der Waals surface area (Å²) in [5, 5.41) is 12.9. The molecule has 0 saturated heterocycles. The van der Waals surface area contributed by atoms with Crippen LogP contribution in [0.25, 0.3) is 11.3 Å². The van der Waals surface area contributed by atoms with Gasteiger partial charge in [-0.3, -0.25) is 9.78 Å². The van der Waals surface area contributed by atoms with Crippen molar-refractivity contribution in [3.8, 4) is 11.3 Å². The van der Waals surface area contributed by atoms with Crippen LogP contribution < -0.4 is 10.2 Å². The average molecular weight is 402 g/mol. The minimum Gasteiger partial charge on any atom is -0.384 e. The van der Waals surface area contributed by atoms with Crippen molar-refractivity contribution in [2.24, 2.45) is 5.92 Å². The zero-order valence-electron chi connectivity index (χ0n) is 17.1. The summed E-state index contributed by atoms with van der Waals surface area (Å²) in [6.07, 6.45) is 6.77. The molecule has 1 aliphatic heterocycles. The van der Waals surface area contributed by atoms with Gasteiger partial charge in [-0.05, 0) is 51.2 Å². The summed E-state index contributed by atoms with van der Waals surface area (Å²) in [5.74, 6) is 1.58. The van der Waals surface area contributed by atoms with E-state index in [1.165, 1.54) is 0 Å². The number of carbonyl (C=O) groups is 1. The van der Waals surface area contributed by atoms with Gasteiger partial charge in [0.15, 0.2) is 11.6 Å². The molecule has 0 unspecified atom stereocenters. The molecule has 2 N–H and O–H groups in total. The Kier molecular flexibility index (Phi) is 5.23. The Labute approximate surface area is 173 Å². The number of rotatable bonds is 5. The molecule has 2 aliphatic rings. The minimum atomic E-state index is -0.998. The standard InChI is InChI=1S/C21H27N5O3.2H2/c1-21(2,28)17-7-5-14(9-22-17)16-10-23-19-20(24-16)26(12-18(27)25-19)11-13-4-6-15(8-13)29-3;;/h5,7,9-10,13,15,28H,4,6,8,11-12H2,1-3H3,(H,23,25,27);2*1H/t13-,15-;;/m0../s1. The summed E-state index contributed by atoms with van der Waals surface area (Å²) < 4.78 is 5.48. The molecule has 158 valence electrons. The molecule has 3 heterocycles. The van der Waals surface area contributed by atoms with Gasteiger partial charge in [-0.15, -0.1) is 0 Å². The monoisotopic (exact) mass is 401 g/mol. The number of aliphatic hydroxyl groups is 1. The number of nitrogens with one attached hydrogen (secondary N) is 1. The summed E-state index contributed by atoms with van der Waals surface area (Å²) in [6, 6.07) is 3.67. The first-order valence-corrected chi connectivity index (χ1v) is 9.97. The topological polar surface area (TPSA) is 100 Å². The van der Waals surface area contributed by atoms with Crippen LogP contribution in [0, 0.1) is 5.92 Å². The molecule has 1 aliphatic carbocycles. The van der Waals surface area contributed by atoms with Gasteiger partial charge in [-0.25, -0.2) is 9.97 Å². The molecule has 2 aromatic heterocycles. The zero-order valence-corrected chi connectivity index (χ0v) is 17.1. The fourth-order valence-corrected chi connectivity index (χ4v) is 4.03. The van der Waals surface area contributed by atoms with Crippen molar-refractivity contribution >= 4 is 17.5 Å². The Balaban J connectivity index is 0.00000171. The number of carbonyl (C=O) groups excluding carboxylic acids is 1. The van der Waals surface area contributed by atoms with E-state index in [-0.39, 0.29) is 15.3 Å². The van der Waals surface area contributed by atoms with E-state index >= 15 is 0 Å². The Hall–Kier alpha value is -2.58. The first kappa shape index (κ1) is 19.7. The largest absolute Gasteiger partial charge is 0.384 e. The highest BCUT2D eigenvalue weighted by Gasteiger charge is 2.31. The lowest BCUT2D eigenvalue weighted by Crippen LogP contribution is -2.41. The number of ether oxygens (including phenoxy) is 1. The van der Waals surface area contributed by atoms with E-state index in [0.717, 1.165) is 31.4 Å². The van der Waals surface area contributed by atoms with E-state index in [2.05, 4.69) is 15.3 Å². The van der Waals surface area contributed by atoms with E-state index in [1.54, 1.807) is 39.4 Å². The number of aromatic nitrogens is 3. The van der Waals surface area contributed by atoms with Crippen molar-refractivity contribution < 1.29 is 17.5 Å². The van der Waals surface area contributed by atoms with Crippen molar-refractivity contribution in [3.05, 3.63) is 30.2 Å². The number of pyridine rings is 1. The predicted molar refractivity (Wildman–Crippen MR) is 114 cm³/mol. The molecule has 1 saturated carbocycles. The number of methoxy groups -OCH3 is 1.